The zero-order valence-electron chi connectivity index (χ0n) is 18.8. The van der Waals surface area contributed by atoms with Crippen LogP contribution in [0.1, 0.15) is 42.5 Å². The van der Waals surface area contributed by atoms with E-state index in [1.54, 1.807) is 18.1 Å². The molecule has 10 heteroatoms. The molecule has 1 aromatic rings. The van der Waals surface area contributed by atoms with Crippen molar-refractivity contribution in [2.45, 2.75) is 37.0 Å². The molecule has 1 N–H and O–H groups in total. The summed E-state index contributed by atoms with van der Waals surface area (Å²) in [5.74, 6) is -0.109. The van der Waals surface area contributed by atoms with Crippen molar-refractivity contribution in [2.75, 3.05) is 53.6 Å². The minimum absolute atomic E-state index is 0.0108. The van der Waals surface area contributed by atoms with E-state index in [-0.39, 0.29) is 28.4 Å². The van der Waals surface area contributed by atoms with Gasteiger partial charge in [0.05, 0.1) is 7.11 Å². The Hall–Kier alpha value is -2.17. The summed E-state index contributed by atoms with van der Waals surface area (Å²) in [4.78, 5) is 27.1. The van der Waals surface area contributed by atoms with E-state index < -0.39 is 10.0 Å². The summed E-state index contributed by atoms with van der Waals surface area (Å²) < 4.78 is 37.9. The number of amides is 2. The molecule has 0 unspecified atom stereocenters. The first-order chi connectivity index (χ1) is 15.4. The second-order valence-electron chi connectivity index (χ2n) is 8.18. The molecule has 2 fully saturated rings. The molecule has 2 saturated heterocycles. The summed E-state index contributed by atoms with van der Waals surface area (Å²) in [6.45, 7) is 3.04. The maximum Gasteiger partial charge on any atom is 0.253 e. The van der Waals surface area contributed by atoms with Crippen molar-refractivity contribution in [1.29, 1.82) is 0 Å². The number of likely N-dealkylation sites (tertiary alicyclic amines) is 1. The Morgan fingerprint density at radius 1 is 1.09 bits per heavy atom. The highest BCUT2D eigenvalue weighted by molar-refractivity contribution is 7.89. The SMILES string of the molecule is COCCCNC(=O)C1CCN(C(=O)c2ccc(OC)c(S(=O)(=O)N3CCCC3)c2)CC1. The number of sulfonamides is 1. The second-order valence-corrected chi connectivity index (χ2v) is 10.1. The average molecular weight is 468 g/mol. The maximum absolute atomic E-state index is 13.1. The van der Waals surface area contributed by atoms with Crippen LogP contribution in [-0.4, -0.2) is 83.0 Å². The average Bonchev–Trinajstić information content (AvgIpc) is 3.37. The normalized spacial score (nSPS) is 18.0. The van der Waals surface area contributed by atoms with E-state index in [0.717, 1.165) is 19.3 Å². The van der Waals surface area contributed by atoms with E-state index >= 15 is 0 Å². The number of carbonyl (C=O) groups excluding carboxylic acids is 2. The van der Waals surface area contributed by atoms with E-state index in [0.29, 0.717) is 57.7 Å². The molecule has 2 aliphatic rings. The second kappa shape index (κ2) is 11.1. The number of hydrogen-bond acceptors (Lipinski definition) is 6. The quantitative estimate of drug-likeness (QED) is 0.552. The minimum Gasteiger partial charge on any atom is -0.495 e. The third-order valence-electron chi connectivity index (χ3n) is 6.07. The number of ether oxygens (including phenoxy) is 2. The monoisotopic (exact) mass is 467 g/mol. The third-order valence-corrected chi connectivity index (χ3v) is 7.99. The molecule has 3 rings (SSSR count). The van der Waals surface area contributed by atoms with Gasteiger partial charge in [0.2, 0.25) is 15.9 Å². The van der Waals surface area contributed by atoms with Crippen LogP contribution in [0, 0.1) is 5.92 Å². The molecule has 0 saturated carbocycles. The lowest BCUT2D eigenvalue weighted by Gasteiger charge is -2.31. The Balaban J connectivity index is 1.65. The number of rotatable bonds is 9. The van der Waals surface area contributed by atoms with Crippen LogP contribution in [-0.2, 0) is 19.6 Å². The molecule has 0 spiro atoms. The fourth-order valence-electron chi connectivity index (χ4n) is 4.18. The van der Waals surface area contributed by atoms with Crippen LogP contribution in [0.3, 0.4) is 0 Å². The largest absolute Gasteiger partial charge is 0.495 e. The highest BCUT2D eigenvalue weighted by atomic mass is 32.2. The Bertz CT molecular complexity index is 906. The fourth-order valence-corrected chi connectivity index (χ4v) is 5.88. The molecule has 0 bridgehead atoms. The molecule has 1 aromatic carbocycles. The molecule has 32 heavy (non-hydrogen) atoms. The first-order valence-electron chi connectivity index (χ1n) is 11.1. The van der Waals surface area contributed by atoms with Crippen LogP contribution in [0.25, 0.3) is 0 Å². The van der Waals surface area contributed by atoms with Gasteiger partial charge in [0.25, 0.3) is 5.91 Å². The molecule has 0 radical (unpaired) electrons. The molecule has 2 heterocycles. The Morgan fingerprint density at radius 3 is 2.41 bits per heavy atom. The van der Waals surface area contributed by atoms with E-state index in [4.69, 9.17) is 9.47 Å². The first kappa shape index (κ1) is 24.5. The van der Waals surface area contributed by atoms with Gasteiger partial charge in [-0.15, -0.1) is 0 Å². The summed E-state index contributed by atoms with van der Waals surface area (Å²) in [6, 6.07) is 4.55. The van der Waals surface area contributed by atoms with E-state index in [9.17, 15) is 18.0 Å². The number of nitrogens with one attached hydrogen (secondary N) is 1. The standard InChI is InChI=1S/C22H33N3O6S/c1-30-15-5-10-23-21(26)17-8-13-24(14-9-17)22(27)18-6-7-19(31-2)20(16-18)32(28,29)25-11-3-4-12-25/h6-7,16-17H,3-5,8-15H2,1-2H3,(H,23,26). The molecular formula is C22H33N3O6S. The van der Waals surface area contributed by atoms with Crippen molar-refractivity contribution >= 4 is 21.8 Å². The fraction of sp³-hybridized carbons (Fsp3) is 0.636. The van der Waals surface area contributed by atoms with Crippen molar-refractivity contribution < 1.29 is 27.5 Å². The third kappa shape index (κ3) is 5.60. The van der Waals surface area contributed by atoms with Crippen molar-refractivity contribution in [3.63, 3.8) is 0 Å². The molecule has 9 nitrogen and oxygen atoms in total. The highest BCUT2D eigenvalue weighted by Gasteiger charge is 2.32. The topological polar surface area (TPSA) is 105 Å². The summed E-state index contributed by atoms with van der Waals surface area (Å²) in [5, 5.41) is 2.92. The van der Waals surface area contributed by atoms with Gasteiger partial charge in [-0.3, -0.25) is 9.59 Å². The lowest BCUT2D eigenvalue weighted by Crippen LogP contribution is -2.43. The molecule has 0 aliphatic carbocycles. The molecule has 0 atom stereocenters. The molecule has 0 aromatic heterocycles. The number of methoxy groups -OCH3 is 2. The summed E-state index contributed by atoms with van der Waals surface area (Å²) in [7, 11) is -0.677. The Kier molecular flexibility index (Phi) is 8.50. The van der Waals surface area contributed by atoms with Gasteiger partial charge in [0.1, 0.15) is 10.6 Å². The van der Waals surface area contributed by atoms with E-state index in [1.807, 2.05) is 0 Å². The number of nitrogens with zero attached hydrogens (tertiary/aromatic N) is 2. The van der Waals surface area contributed by atoms with Gasteiger partial charge in [0, 0.05) is 57.9 Å². The van der Waals surface area contributed by atoms with Gasteiger partial charge in [-0.1, -0.05) is 0 Å². The van der Waals surface area contributed by atoms with E-state index in [2.05, 4.69) is 5.32 Å². The van der Waals surface area contributed by atoms with Crippen molar-refractivity contribution in [3.05, 3.63) is 23.8 Å². The van der Waals surface area contributed by atoms with Crippen molar-refractivity contribution in [2.24, 2.45) is 5.92 Å². The van der Waals surface area contributed by atoms with Crippen LogP contribution >= 0.6 is 0 Å². The zero-order chi connectivity index (χ0) is 23.1. The maximum atomic E-state index is 13.1. The lowest BCUT2D eigenvalue weighted by atomic mass is 9.95. The van der Waals surface area contributed by atoms with Gasteiger partial charge in [0.15, 0.2) is 0 Å². The van der Waals surface area contributed by atoms with Crippen molar-refractivity contribution in [3.8, 4) is 5.75 Å². The molecule has 178 valence electrons. The van der Waals surface area contributed by atoms with Crippen LogP contribution in [0.2, 0.25) is 0 Å². The predicted octanol–water partition coefficient (Wildman–Crippen LogP) is 1.48. The smallest absolute Gasteiger partial charge is 0.253 e. The van der Waals surface area contributed by atoms with Gasteiger partial charge in [-0.2, -0.15) is 4.31 Å². The highest BCUT2D eigenvalue weighted by Crippen LogP contribution is 2.30. The molecular weight excluding hydrogens is 434 g/mol. The predicted molar refractivity (Wildman–Crippen MR) is 119 cm³/mol. The summed E-state index contributed by atoms with van der Waals surface area (Å²) in [5.41, 5.74) is 0.311. The van der Waals surface area contributed by atoms with Crippen LogP contribution < -0.4 is 10.1 Å². The van der Waals surface area contributed by atoms with Gasteiger partial charge in [-0.05, 0) is 50.3 Å². The number of piperidine rings is 1. The van der Waals surface area contributed by atoms with Crippen molar-refractivity contribution in [1.82, 2.24) is 14.5 Å². The molecule has 2 amide bonds. The first-order valence-corrected chi connectivity index (χ1v) is 12.6. The molecule has 2 aliphatic heterocycles. The summed E-state index contributed by atoms with van der Waals surface area (Å²) in [6.07, 6.45) is 3.58. The lowest BCUT2D eigenvalue weighted by molar-refractivity contribution is -0.126. The Labute approximate surface area is 190 Å². The minimum atomic E-state index is -3.73. The number of benzene rings is 1. The van der Waals surface area contributed by atoms with Gasteiger partial charge >= 0.3 is 0 Å². The van der Waals surface area contributed by atoms with Gasteiger partial charge in [-0.25, -0.2) is 8.42 Å². The van der Waals surface area contributed by atoms with Crippen LogP contribution in [0.4, 0.5) is 0 Å². The number of hydrogen-bond donors (Lipinski definition) is 1. The van der Waals surface area contributed by atoms with E-state index in [1.165, 1.54) is 23.5 Å². The zero-order valence-corrected chi connectivity index (χ0v) is 19.7. The Morgan fingerprint density at radius 2 is 1.78 bits per heavy atom. The number of carbonyl (C=O) groups is 2. The summed E-state index contributed by atoms with van der Waals surface area (Å²) >= 11 is 0. The van der Waals surface area contributed by atoms with Crippen LogP contribution in [0.5, 0.6) is 5.75 Å². The van der Waals surface area contributed by atoms with Crippen LogP contribution in [0.15, 0.2) is 23.1 Å². The van der Waals surface area contributed by atoms with Gasteiger partial charge < -0.3 is 19.7 Å².